The third-order valence-electron chi connectivity index (χ3n) is 0.708. The minimum absolute atomic E-state index is 0.208. The topological polar surface area (TPSA) is 20.2 Å². The Morgan fingerprint density at radius 1 is 1.56 bits per heavy atom. The van der Waals surface area contributed by atoms with Gasteiger partial charge in [-0.3, -0.25) is 0 Å². The molecule has 0 radical (unpaired) electrons. The molecule has 0 saturated carbocycles. The molecule has 1 nitrogen and oxygen atoms in total. The van der Waals surface area contributed by atoms with E-state index in [9.17, 15) is 0 Å². The Bertz CT molecular complexity index is 130. The van der Waals surface area contributed by atoms with Crippen molar-refractivity contribution in [2.24, 2.45) is 0 Å². The first-order valence-corrected chi connectivity index (χ1v) is 3.20. The van der Waals surface area contributed by atoms with Crippen LogP contribution in [0.3, 0.4) is 0 Å². The summed E-state index contributed by atoms with van der Waals surface area (Å²) in [5, 5.41) is 8.31. The highest BCUT2D eigenvalue weighted by atomic mass is 35.5. The highest BCUT2D eigenvalue weighted by Crippen LogP contribution is 1.82. The average molecular weight is 145 g/mol. The Morgan fingerprint density at radius 3 is 2.89 bits per heavy atom. The van der Waals surface area contributed by atoms with Gasteiger partial charge in [0.2, 0.25) is 0 Å². The first kappa shape index (κ1) is 8.55. The molecule has 0 spiro atoms. The second-order valence-corrected chi connectivity index (χ2v) is 1.69. The Morgan fingerprint density at radius 2 is 2.33 bits per heavy atom. The van der Waals surface area contributed by atoms with E-state index in [1.807, 2.05) is 0 Å². The largest absolute Gasteiger partial charge is 0.396 e. The minimum atomic E-state index is 0.208. The minimum Gasteiger partial charge on any atom is -0.396 e. The summed E-state index contributed by atoms with van der Waals surface area (Å²) in [6.45, 7) is 0.208. The highest BCUT2D eigenvalue weighted by molar-refractivity contribution is 6.25. The summed E-state index contributed by atoms with van der Waals surface area (Å²) in [7, 11) is 0. The average Bonchev–Trinajstić information content (AvgIpc) is 1.89. The molecule has 0 atom stereocenters. The molecule has 0 fully saturated rings. The van der Waals surface area contributed by atoms with E-state index >= 15 is 0 Å². The van der Waals surface area contributed by atoms with Gasteiger partial charge in [0.1, 0.15) is 0 Å². The van der Waals surface area contributed by atoms with Gasteiger partial charge in [-0.15, -0.1) is 0 Å². The quantitative estimate of drug-likeness (QED) is 0.460. The zero-order chi connectivity index (χ0) is 6.95. The molecule has 0 amide bonds. The van der Waals surface area contributed by atoms with Crippen LogP contribution in [0.2, 0.25) is 0 Å². The summed E-state index contributed by atoms with van der Waals surface area (Å²) >= 11 is 5.18. The van der Waals surface area contributed by atoms with Crippen LogP contribution in [-0.4, -0.2) is 11.7 Å². The maximum Gasteiger partial charge on any atom is 0.0440 e. The third kappa shape index (κ3) is 7.55. The monoisotopic (exact) mass is 144 g/mol. The van der Waals surface area contributed by atoms with Crippen LogP contribution < -0.4 is 0 Å². The first-order valence-electron chi connectivity index (χ1n) is 2.76. The summed E-state index contributed by atoms with van der Waals surface area (Å²) in [6.07, 6.45) is 3.04. The lowest BCUT2D eigenvalue weighted by molar-refractivity contribution is 0.290. The van der Waals surface area contributed by atoms with Gasteiger partial charge < -0.3 is 5.11 Å². The summed E-state index contributed by atoms with van der Waals surface area (Å²) in [5.74, 6) is 5.50. The Labute approximate surface area is 60.3 Å². The molecule has 0 saturated heterocycles. The smallest absolute Gasteiger partial charge is 0.0440 e. The maximum atomic E-state index is 8.31. The summed E-state index contributed by atoms with van der Waals surface area (Å²) in [4.78, 5) is 0. The van der Waals surface area contributed by atoms with Gasteiger partial charge in [-0.2, -0.15) is 0 Å². The normalized spacial score (nSPS) is 9.11. The van der Waals surface area contributed by atoms with Crippen LogP contribution in [0.1, 0.15) is 12.8 Å². The molecule has 2 heteroatoms. The molecule has 0 rings (SSSR count). The van der Waals surface area contributed by atoms with Crippen LogP contribution in [0, 0.1) is 11.8 Å². The van der Waals surface area contributed by atoms with Crippen LogP contribution in [0.15, 0.2) is 11.6 Å². The lowest BCUT2D eigenvalue weighted by atomic mass is 10.3. The van der Waals surface area contributed by atoms with Crippen molar-refractivity contribution in [1.29, 1.82) is 0 Å². The van der Waals surface area contributed by atoms with E-state index in [1.165, 1.54) is 5.54 Å². The number of aliphatic hydroxyl groups is 1. The Hall–Kier alpha value is -0.450. The summed E-state index contributed by atoms with van der Waals surface area (Å²) in [6, 6.07) is 0. The summed E-state index contributed by atoms with van der Waals surface area (Å²) < 4.78 is 0. The van der Waals surface area contributed by atoms with E-state index in [0.717, 1.165) is 12.8 Å². The Kier molecular flexibility index (Phi) is 7.17. The first-order chi connectivity index (χ1) is 4.41. The highest BCUT2D eigenvalue weighted by Gasteiger charge is 1.74. The zero-order valence-corrected chi connectivity index (χ0v) is 5.86. The van der Waals surface area contributed by atoms with Gasteiger partial charge in [0.25, 0.3) is 0 Å². The van der Waals surface area contributed by atoms with Crippen LogP contribution >= 0.6 is 11.6 Å². The molecule has 0 unspecified atom stereocenters. The predicted octanol–water partition coefficient (Wildman–Crippen LogP) is 1.51. The standard InChI is InChI=1S/C7H9ClO/c8-6-4-2-1-3-5-7-9/h4,6,9H,3,5,7H2/b6-4+. The fraction of sp³-hybridized carbons (Fsp3) is 0.429. The Balaban J connectivity index is 3.16. The van der Waals surface area contributed by atoms with Gasteiger partial charge in [0.15, 0.2) is 0 Å². The van der Waals surface area contributed by atoms with Crippen LogP contribution in [0.25, 0.3) is 0 Å². The maximum absolute atomic E-state index is 8.31. The molecule has 0 aliphatic carbocycles. The van der Waals surface area contributed by atoms with Crippen molar-refractivity contribution in [3.63, 3.8) is 0 Å². The molecule has 9 heavy (non-hydrogen) atoms. The van der Waals surface area contributed by atoms with Gasteiger partial charge in [0.05, 0.1) is 0 Å². The van der Waals surface area contributed by atoms with Gasteiger partial charge in [0, 0.05) is 18.6 Å². The van der Waals surface area contributed by atoms with E-state index in [4.69, 9.17) is 16.7 Å². The second kappa shape index (κ2) is 7.55. The molecule has 1 N–H and O–H groups in total. The van der Waals surface area contributed by atoms with E-state index in [1.54, 1.807) is 6.08 Å². The van der Waals surface area contributed by atoms with Crippen molar-refractivity contribution in [2.45, 2.75) is 12.8 Å². The number of halogens is 1. The van der Waals surface area contributed by atoms with E-state index in [-0.39, 0.29) is 6.61 Å². The van der Waals surface area contributed by atoms with Crippen molar-refractivity contribution in [3.8, 4) is 11.8 Å². The van der Waals surface area contributed by atoms with Gasteiger partial charge in [-0.1, -0.05) is 23.4 Å². The number of allylic oxidation sites excluding steroid dienone is 1. The molecule has 0 bridgehead atoms. The molecule has 0 aliphatic heterocycles. The predicted molar refractivity (Wildman–Crippen MR) is 39.1 cm³/mol. The van der Waals surface area contributed by atoms with Gasteiger partial charge >= 0.3 is 0 Å². The lowest BCUT2D eigenvalue weighted by Crippen LogP contribution is -1.77. The molecule has 0 aliphatic rings. The van der Waals surface area contributed by atoms with Crippen LogP contribution in [0.5, 0.6) is 0 Å². The van der Waals surface area contributed by atoms with Crippen molar-refractivity contribution >= 4 is 11.6 Å². The molecule has 0 heterocycles. The number of hydrogen-bond donors (Lipinski definition) is 1. The van der Waals surface area contributed by atoms with Crippen molar-refractivity contribution in [2.75, 3.05) is 6.61 Å². The van der Waals surface area contributed by atoms with Gasteiger partial charge in [-0.05, 0) is 12.5 Å². The number of aliphatic hydroxyl groups excluding tert-OH is 1. The number of rotatable bonds is 2. The van der Waals surface area contributed by atoms with Crippen LogP contribution in [0.4, 0.5) is 0 Å². The van der Waals surface area contributed by atoms with Gasteiger partial charge in [-0.25, -0.2) is 0 Å². The van der Waals surface area contributed by atoms with E-state index in [0.29, 0.717) is 0 Å². The lowest BCUT2D eigenvalue weighted by Gasteiger charge is -1.81. The number of unbranched alkanes of at least 4 members (excludes halogenated alkanes) is 1. The molecular formula is C7H9ClO. The molecule has 0 aromatic rings. The van der Waals surface area contributed by atoms with Crippen molar-refractivity contribution < 1.29 is 5.11 Å². The van der Waals surface area contributed by atoms with Crippen LogP contribution in [-0.2, 0) is 0 Å². The van der Waals surface area contributed by atoms with E-state index in [2.05, 4.69) is 11.8 Å². The zero-order valence-electron chi connectivity index (χ0n) is 5.10. The molecular weight excluding hydrogens is 136 g/mol. The van der Waals surface area contributed by atoms with Crippen molar-refractivity contribution in [3.05, 3.63) is 11.6 Å². The SMILES string of the molecule is OCCCC#C/C=C/Cl. The second-order valence-electron chi connectivity index (χ2n) is 1.44. The third-order valence-corrected chi connectivity index (χ3v) is 0.834. The summed E-state index contributed by atoms with van der Waals surface area (Å²) in [5.41, 5.74) is 1.37. The van der Waals surface area contributed by atoms with Crippen molar-refractivity contribution in [1.82, 2.24) is 0 Å². The number of hydrogen-bond acceptors (Lipinski definition) is 1. The molecule has 0 aromatic heterocycles. The fourth-order valence-corrected chi connectivity index (χ4v) is 0.393. The fourth-order valence-electron chi connectivity index (χ4n) is 0.330. The molecule has 0 aromatic carbocycles. The van der Waals surface area contributed by atoms with E-state index < -0.39 is 0 Å². The molecule has 50 valence electrons.